The van der Waals surface area contributed by atoms with Crippen molar-refractivity contribution in [2.45, 2.75) is 56.3 Å². The number of carboxylic acids is 1. The van der Waals surface area contributed by atoms with Crippen molar-refractivity contribution in [1.29, 1.82) is 0 Å². The van der Waals surface area contributed by atoms with Gasteiger partial charge in [0.15, 0.2) is 0 Å². The molecule has 0 aromatic heterocycles. The van der Waals surface area contributed by atoms with Crippen LogP contribution >= 0.6 is 0 Å². The molecule has 2 aromatic carbocycles. The summed E-state index contributed by atoms with van der Waals surface area (Å²) in [4.78, 5) is 10.8. The predicted molar refractivity (Wildman–Crippen MR) is 130 cm³/mol. The zero-order chi connectivity index (χ0) is 24.3. The molecule has 4 N–H and O–H groups in total. The smallest absolute Gasteiger partial charge is 0.303 e. The van der Waals surface area contributed by atoms with E-state index in [0.29, 0.717) is 12.8 Å². The minimum Gasteiger partial charge on any atom is -0.481 e. The second-order valence-electron chi connectivity index (χ2n) is 8.57. The minimum absolute atomic E-state index is 0.137. The molecule has 0 heterocycles. The molecule has 0 fully saturated rings. The van der Waals surface area contributed by atoms with Crippen molar-refractivity contribution in [2.75, 3.05) is 19.0 Å². The number of nitrogens with two attached hydrogens (primary N) is 1. The Balaban J connectivity index is 2.14. The number of aliphatic carboxylic acids is 1. The predicted octanol–water partition coefficient (Wildman–Crippen LogP) is 4.16. The third-order valence-corrected chi connectivity index (χ3v) is 6.76. The zero-order valence-electron chi connectivity index (χ0n) is 19.6. The fraction of sp³-hybridized carbons (Fsp3) is 0.400. The molecule has 180 valence electrons. The van der Waals surface area contributed by atoms with Crippen LogP contribution in [0.4, 0.5) is 11.4 Å². The molecular formula is C25H35N2O5S+. The van der Waals surface area contributed by atoms with Gasteiger partial charge in [0.25, 0.3) is 10.1 Å². The third-order valence-electron chi connectivity index (χ3n) is 5.49. The van der Waals surface area contributed by atoms with Gasteiger partial charge in [0, 0.05) is 23.7 Å². The van der Waals surface area contributed by atoms with E-state index in [1.54, 1.807) is 12.1 Å². The lowest BCUT2D eigenvalue weighted by atomic mass is 9.80. The van der Waals surface area contributed by atoms with Crippen LogP contribution in [-0.2, 0) is 24.5 Å². The van der Waals surface area contributed by atoms with Gasteiger partial charge in [-0.2, -0.15) is 8.42 Å². The summed E-state index contributed by atoms with van der Waals surface area (Å²) in [5, 5.41) is 14.1. The lowest BCUT2D eigenvalue weighted by Gasteiger charge is -2.25. The van der Waals surface area contributed by atoms with Gasteiger partial charge in [-0.25, -0.2) is 0 Å². The van der Waals surface area contributed by atoms with E-state index in [-0.39, 0.29) is 16.7 Å². The summed E-state index contributed by atoms with van der Waals surface area (Å²) in [6.45, 7) is 4.97. The molecule has 0 unspecified atom stereocenters. The number of hydrogen-bond donors (Lipinski definition) is 3. The van der Waals surface area contributed by atoms with E-state index in [0.717, 1.165) is 43.4 Å². The molecule has 0 amide bonds. The second-order valence-corrected chi connectivity index (χ2v) is 10.3. The Morgan fingerprint density at radius 2 is 1.85 bits per heavy atom. The summed E-state index contributed by atoms with van der Waals surface area (Å²) in [5.74, 6) is -0.771. The van der Waals surface area contributed by atoms with Crippen LogP contribution < -0.4 is 10.6 Å². The Labute approximate surface area is 197 Å². The zero-order valence-corrected chi connectivity index (χ0v) is 20.4. The van der Waals surface area contributed by atoms with Crippen LogP contribution in [0.3, 0.4) is 0 Å². The number of hydrogen-bond acceptors (Lipinski definition) is 5. The molecule has 0 aliphatic rings. The summed E-state index contributed by atoms with van der Waals surface area (Å²) >= 11 is 0. The van der Waals surface area contributed by atoms with Crippen molar-refractivity contribution < 1.29 is 27.8 Å². The first-order chi connectivity index (χ1) is 15.7. The quantitative estimate of drug-likeness (QED) is 0.215. The molecule has 33 heavy (non-hydrogen) atoms. The van der Waals surface area contributed by atoms with Gasteiger partial charge < -0.3 is 15.7 Å². The molecular weight excluding hydrogens is 440 g/mol. The summed E-state index contributed by atoms with van der Waals surface area (Å²) in [6.07, 6.45) is 7.20. The molecule has 0 bridgehead atoms. The maximum absolute atomic E-state index is 12.3. The van der Waals surface area contributed by atoms with Crippen molar-refractivity contribution in [2.24, 2.45) is 0 Å². The third kappa shape index (κ3) is 8.64. The van der Waals surface area contributed by atoms with Crippen molar-refractivity contribution in [3.8, 4) is 0 Å². The van der Waals surface area contributed by atoms with Gasteiger partial charge in [0.2, 0.25) is 0 Å². The van der Waals surface area contributed by atoms with Crippen molar-refractivity contribution in [3.05, 3.63) is 66.4 Å². The highest BCUT2D eigenvalue weighted by molar-refractivity contribution is 7.86. The Kier molecular flexibility index (Phi) is 10.1. The van der Waals surface area contributed by atoms with Gasteiger partial charge in [-0.05, 0) is 61.6 Å². The molecule has 0 saturated heterocycles. The van der Waals surface area contributed by atoms with Crippen LogP contribution in [0.5, 0.6) is 0 Å². The van der Waals surface area contributed by atoms with Gasteiger partial charge in [-0.1, -0.05) is 38.1 Å². The summed E-state index contributed by atoms with van der Waals surface area (Å²) in [6, 6.07) is 15.0. The van der Waals surface area contributed by atoms with Gasteiger partial charge in [-0.15, -0.1) is 0 Å². The van der Waals surface area contributed by atoms with Crippen LogP contribution in [0.15, 0.2) is 65.7 Å². The topological polar surface area (TPSA) is 109 Å². The largest absolute Gasteiger partial charge is 0.481 e. The van der Waals surface area contributed by atoms with Gasteiger partial charge >= 0.3 is 5.97 Å². The average Bonchev–Trinajstić information content (AvgIpc) is 2.79. The monoisotopic (exact) mass is 475 g/mol. The number of nitrogens with one attached hydrogen (secondary N) is 1. The number of anilines is 1. The summed E-state index contributed by atoms with van der Waals surface area (Å²) < 4.78 is 29.3. The molecule has 0 aliphatic heterocycles. The van der Waals surface area contributed by atoms with E-state index in [2.05, 4.69) is 24.5 Å². The molecule has 7 nitrogen and oxygen atoms in total. The van der Waals surface area contributed by atoms with Crippen LogP contribution in [0.1, 0.15) is 51.5 Å². The fourth-order valence-electron chi connectivity index (χ4n) is 3.56. The van der Waals surface area contributed by atoms with Crippen molar-refractivity contribution in [1.82, 2.24) is 0 Å². The first kappa shape index (κ1) is 26.6. The highest BCUT2D eigenvalue weighted by atomic mass is 32.2. The average molecular weight is 476 g/mol. The molecule has 0 saturated carbocycles. The molecule has 2 rings (SSSR count). The first-order valence-electron chi connectivity index (χ1n) is 11.1. The summed E-state index contributed by atoms with van der Waals surface area (Å²) in [5.41, 5.74) is 2.58. The SMILES string of the molecule is COS(=O)(=O)c1ccc([NH2+]CCCCCC(=O)O)c(C(C)(C)C/C=C/Nc2ccccc2)c1. The number of carboxylic acid groups (broad SMARTS) is 1. The summed E-state index contributed by atoms with van der Waals surface area (Å²) in [7, 11) is -2.64. The highest BCUT2D eigenvalue weighted by Crippen LogP contribution is 2.33. The molecule has 0 radical (unpaired) electrons. The highest BCUT2D eigenvalue weighted by Gasteiger charge is 2.27. The Bertz CT molecular complexity index is 1030. The van der Waals surface area contributed by atoms with Crippen molar-refractivity contribution in [3.63, 3.8) is 0 Å². The number of rotatable bonds is 14. The lowest BCUT2D eigenvalue weighted by molar-refractivity contribution is -0.572. The van der Waals surface area contributed by atoms with Crippen LogP contribution in [0.25, 0.3) is 0 Å². The molecule has 0 atom stereocenters. The van der Waals surface area contributed by atoms with E-state index < -0.39 is 16.1 Å². The fourth-order valence-corrected chi connectivity index (χ4v) is 4.25. The lowest BCUT2D eigenvalue weighted by Crippen LogP contribution is -2.78. The number of para-hydroxylation sites is 1. The molecule has 0 aliphatic carbocycles. The number of allylic oxidation sites excluding steroid dienone is 1. The van der Waals surface area contributed by atoms with E-state index in [9.17, 15) is 13.2 Å². The molecule has 2 aromatic rings. The maximum Gasteiger partial charge on any atom is 0.303 e. The van der Waals surface area contributed by atoms with Crippen LogP contribution in [0.2, 0.25) is 0 Å². The van der Waals surface area contributed by atoms with E-state index in [1.165, 1.54) is 0 Å². The van der Waals surface area contributed by atoms with Crippen molar-refractivity contribution >= 4 is 27.5 Å². The first-order valence-corrected chi connectivity index (χ1v) is 12.5. The van der Waals surface area contributed by atoms with E-state index >= 15 is 0 Å². The van der Waals surface area contributed by atoms with Gasteiger partial charge in [0.05, 0.1) is 18.6 Å². The number of unbranched alkanes of at least 4 members (excludes halogenated alkanes) is 2. The Hall–Kier alpha value is -2.68. The van der Waals surface area contributed by atoms with Gasteiger partial charge in [-0.3, -0.25) is 8.98 Å². The minimum atomic E-state index is -3.80. The maximum atomic E-state index is 12.3. The molecule has 0 spiro atoms. The Morgan fingerprint density at radius 1 is 1.12 bits per heavy atom. The number of quaternary nitrogens is 1. The number of carbonyl (C=O) groups is 1. The van der Waals surface area contributed by atoms with Crippen LogP contribution in [0, 0.1) is 0 Å². The van der Waals surface area contributed by atoms with E-state index in [1.807, 2.05) is 48.7 Å². The van der Waals surface area contributed by atoms with Crippen LogP contribution in [-0.4, -0.2) is 33.1 Å². The standard InChI is InChI=1S/C25H34N2O5S/c1-25(2,16-10-18-26-20-11-6-4-7-12-20)22-19-21(33(30,31)32-3)14-15-23(22)27-17-9-5-8-13-24(28)29/h4,6-7,10-12,14-15,18-19,26-27H,5,8-9,13,16-17H2,1-3H3,(H,28,29)/p+1/b18-10+. The number of benzene rings is 2. The Morgan fingerprint density at radius 3 is 2.52 bits per heavy atom. The van der Waals surface area contributed by atoms with Gasteiger partial charge in [0.1, 0.15) is 5.69 Å². The second kappa shape index (κ2) is 12.5. The normalized spacial score (nSPS) is 12.2. The molecule has 8 heteroatoms. The van der Waals surface area contributed by atoms with E-state index in [4.69, 9.17) is 9.29 Å².